The molecule has 0 spiro atoms. The Balaban J connectivity index is 1.57. The van der Waals surface area contributed by atoms with Gasteiger partial charge in [-0.05, 0) is 55.5 Å². The molecule has 0 saturated carbocycles. The Morgan fingerprint density at radius 3 is 2.55 bits per heavy atom. The molecule has 0 atom stereocenters. The van der Waals surface area contributed by atoms with Crippen molar-refractivity contribution in [2.45, 2.75) is 13.5 Å². The molecule has 0 fully saturated rings. The van der Waals surface area contributed by atoms with Crippen molar-refractivity contribution >= 4 is 22.6 Å². The number of nitrogens with zero attached hydrogens (tertiary/aromatic N) is 4. The molecule has 0 bridgehead atoms. The predicted molar refractivity (Wildman–Crippen MR) is 114 cm³/mol. The molecule has 0 unspecified atom stereocenters. The summed E-state index contributed by atoms with van der Waals surface area (Å²) in [6.45, 7) is 2.47. The fourth-order valence-corrected chi connectivity index (χ4v) is 3.53. The van der Waals surface area contributed by atoms with Crippen molar-refractivity contribution in [3.8, 4) is 22.8 Å². The summed E-state index contributed by atoms with van der Waals surface area (Å²) in [7, 11) is 0. The molecule has 3 aromatic carbocycles. The van der Waals surface area contributed by atoms with E-state index < -0.39 is 0 Å². The number of halogens is 1. The van der Waals surface area contributed by atoms with E-state index in [0.717, 1.165) is 33.5 Å². The van der Waals surface area contributed by atoms with E-state index in [0.29, 0.717) is 23.3 Å². The molecule has 5 aromatic rings. The van der Waals surface area contributed by atoms with Gasteiger partial charge in [-0.25, -0.2) is 4.98 Å². The monoisotopic (exact) mass is 400 g/mol. The van der Waals surface area contributed by atoms with Gasteiger partial charge in [-0.15, -0.1) is 10.2 Å². The van der Waals surface area contributed by atoms with Crippen LogP contribution in [0.25, 0.3) is 33.9 Å². The minimum atomic E-state index is 0.428. The van der Waals surface area contributed by atoms with Crippen molar-refractivity contribution < 1.29 is 4.42 Å². The normalized spacial score (nSPS) is 11.2. The van der Waals surface area contributed by atoms with Crippen molar-refractivity contribution in [2.75, 3.05) is 0 Å². The van der Waals surface area contributed by atoms with Crippen LogP contribution in [-0.2, 0) is 6.54 Å². The average Bonchev–Trinajstić information content (AvgIpc) is 3.34. The molecule has 2 aromatic heterocycles. The number of rotatable bonds is 4. The number of para-hydroxylation sites is 2. The van der Waals surface area contributed by atoms with Gasteiger partial charge in [-0.3, -0.25) is 0 Å². The van der Waals surface area contributed by atoms with E-state index in [4.69, 9.17) is 21.0 Å². The molecule has 0 saturated heterocycles. The van der Waals surface area contributed by atoms with Gasteiger partial charge in [-0.2, -0.15) is 0 Å². The van der Waals surface area contributed by atoms with Gasteiger partial charge in [0.25, 0.3) is 0 Å². The van der Waals surface area contributed by atoms with Crippen LogP contribution in [0.1, 0.15) is 11.5 Å². The van der Waals surface area contributed by atoms with Crippen molar-refractivity contribution in [1.82, 2.24) is 19.7 Å². The summed E-state index contributed by atoms with van der Waals surface area (Å²) in [5.74, 6) is 1.87. The van der Waals surface area contributed by atoms with Crippen LogP contribution in [0.3, 0.4) is 0 Å². The van der Waals surface area contributed by atoms with Crippen molar-refractivity contribution in [3.63, 3.8) is 0 Å². The summed E-state index contributed by atoms with van der Waals surface area (Å²) >= 11 is 6.06. The van der Waals surface area contributed by atoms with Crippen LogP contribution in [0.2, 0.25) is 5.02 Å². The standard InChI is InChI=1S/C23H17ClN4O/c1-15-5-4-6-17(13-15)23-27-26-21(29-23)14-28-20-8-3-2-7-19(20)25-22(28)16-9-11-18(24)12-10-16/h2-13H,14H2,1H3. The quantitative estimate of drug-likeness (QED) is 0.384. The lowest BCUT2D eigenvalue weighted by Gasteiger charge is -2.07. The van der Waals surface area contributed by atoms with Crippen LogP contribution in [0.5, 0.6) is 0 Å². The fraction of sp³-hybridized carbons (Fsp3) is 0.0870. The molecule has 0 aliphatic heterocycles. The third-order valence-electron chi connectivity index (χ3n) is 4.78. The summed E-state index contributed by atoms with van der Waals surface area (Å²) in [5, 5.41) is 9.19. The molecule has 6 heteroatoms. The number of aromatic nitrogens is 4. The number of fused-ring (bicyclic) bond motifs is 1. The SMILES string of the molecule is Cc1cccc(-c2nnc(Cn3c(-c4ccc(Cl)cc4)nc4ccccc43)o2)c1. The lowest BCUT2D eigenvalue weighted by Crippen LogP contribution is -2.02. The minimum absolute atomic E-state index is 0.428. The van der Waals surface area contributed by atoms with Crippen molar-refractivity contribution in [1.29, 1.82) is 0 Å². The molecule has 29 heavy (non-hydrogen) atoms. The van der Waals surface area contributed by atoms with Gasteiger partial charge >= 0.3 is 0 Å². The number of imidazole rings is 1. The van der Waals surface area contributed by atoms with E-state index in [-0.39, 0.29) is 0 Å². The maximum atomic E-state index is 6.06. The Bertz CT molecular complexity index is 1300. The second-order valence-corrected chi connectivity index (χ2v) is 7.32. The molecular formula is C23H17ClN4O. The largest absolute Gasteiger partial charge is 0.419 e. The summed E-state index contributed by atoms with van der Waals surface area (Å²) in [4.78, 5) is 4.82. The Morgan fingerprint density at radius 1 is 0.897 bits per heavy atom. The minimum Gasteiger partial charge on any atom is -0.419 e. The van der Waals surface area contributed by atoms with E-state index in [1.807, 2.05) is 79.7 Å². The fourth-order valence-electron chi connectivity index (χ4n) is 3.40. The first-order valence-electron chi connectivity index (χ1n) is 9.28. The summed E-state index contributed by atoms with van der Waals surface area (Å²) in [6, 6.07) is 23.7. The van der Waals surface area contributed by atoms with E-state index in [2.05, 4.69) is 14.8 Å². The Hall–Kier alpha value is -3.44. The molecule has 5 nitrogen and oxygen atoms in total. The van der Waals surface area contributed by atoms with Gasteiger partial charge in [-0.1, -0.05) is 41.4 Å². The van der Waals surface area contributed by atoms with Gasteiger partial charge < -0.3 is 8.98 Å². The topological polar surface area (TPSA) is 56.7 Å². The number of hydrogen-bond acceptors (Lipinski definition) is 4. The molecule has 2 heterocycles. The van der Waals surface area contributed by atoms with Crippen LogP contribution >= 0.6 is 11.6 Å². The van der Waals surface area contributed by atoms with Crippen molar-refractivity contribution in [2.24, 2.45) is 0 Å². The molecule has 0 amide bonds. The smallest absolute Gasteiger partial charge is 0.247 e. The van der Waals surface area contributed by atoms with E-state index in [1.165, 1.54) is 0 Å². The van der Waals surface area contributed by atoms with E-state index >= 15 is 0 Å². The molecule has 0 aliphatic rings. The maximum Gasteiger partial charge on any atom is 0.247 e. The van der Waals surface area contributed by atoms with Gasteiger partial charge in [0.1, 0.15) is 12.4 Å². The zero-order chi connectivity index (χ0) is 19.8. The number of hydrogen-bond donors (Lipinski definition) is 0. The third-order valence-corrected chi connectivity index (χ3v) is 5.03. The predicted octanol–water partition coefficient (Wildman–Crippen LogP) is 5.76. The van der Waals surface area contributed by atoms with Gasteiger partial charge in [0.05, 0.1) is 11.0 Å². The molecule has 142 valence electrons. The maximum absolute atomic E-state index is 6.06. The third kappa shape index (κ3) is 3.41. The van der Waals surface area contributed by atoms with Crippen molar-refractivity contribution in [3.05, 3.63) is 89.3 Å². The first-order chi connectivity index (χ1) is 14.2. The Morgan fingerprint density at radius 2 is 1.72 bits per heavy atom. The zero-order valence-corrected chi connectivity index (χ0v) is 16.5. The lowest BCUT2D eigenvalue weighted by molar-refractivity contribution is 0.492. The highest BCUT2D eigenvalue weighted by atomic mass is 35.5. The van der Waals surface area contributed by atoms with Crippen LogP contribution < -0.4 is 0 Å². The van der Waals surface area contributed by atoms with E-state index in [9.17, 15) is 0 Å². The zero-order valence-electron chi connectivity index (χ0n) is 15.7. The van der Waals surface area contributed by atoms with E-state index in [1.54, 1.807) is 0 Å². The molecule has 0 N–H and O–H groups in total. The van der Waals surface area contributed by atoms with Crippen LogP contribution in [0.4, 0.5) is 0 Å². The molecule has 5 rings (SSSR count). The van der Waals surface area contributed by atoms with Gasteiger partial charge in [0.15, 0.2) is 0 Å². The second-order valence-electron chi connectivity index (χ2n) is 6.89. The average molecular weight is 401 g/mol. The highest BCUT2D eigenvalue weighted by molar-refractivity contribution is 6.30. The first-order valence-corrected chi connectivity index (χ1v) is 9.66. The summed E-state index contributed by atoms with van der Waals surface area (Å²) in [6.07, 6.45) is 0. The first kappa shape index (κ1) is 17.6. The summed E-state index contributed by atoms with van der Waals surface area (Å²) in [5.41, 5.74) is 4.96. The highest BCUT2D eigenvalue weighted by Gasteiger charge is 2.16. The Kier molecular flexibility index (Phi) is 4.37. The lowest BCUT2D eigenvalue weighted by atomic mass is 10.1. The molecular weight excluding hydrogens is 384 g/mol. The van der Waals surface area contributed by atoms with Gasteiger partial charge in [0.2, 0.25) is 11.8 Å². The van der Waals surface area contributed by atoms with Crippen LogP contribution in [0.15, 0.2) is 77.2 Å². The number of benzene rings is 3. The molecule has 0 radical (unpaired) electrons. The molecule has 0 aliphatic carbocycles. The number of aryl methyl sites for hydroxylation is 1. The highest BCUT2D eigenvalue weighted by Crippen LogP contribution is 2.27. The second kappa shape index (κ2) is 7.18. The van der Waals surface area contributed by atoms with Crippen LogP contribution in [-0.4, -0.2) is 19.7 Å². The summed E-state index contributed by atoms with van der Waals surface area (Å²) < 4.78 is 8.05. The van der Waals surface area contributed by atoms with Gasteiger partial charge in [0, 0.05) is 16.1 Å². The van der Waals surface area contributed by atoms with Crippen LogP contribution in [0, 0.1) is 6.92 Å². The Labute approximate surface area is 172 Å².